The first-order chi connectivity index (χ1) is 15.5. The number of carbonyl (C=O) groups is 1. The molecule has 0 saturated heterocycles. The summed E-state index contributed by atoms with van der Waals surface area (Å²) in [4.78, 5) is 20.2. The zero-order valence-electron chi connectivity index (χ0n) is 16.6. The van der Waals surface area contributed by atoms with Crippen LogP contribution in [-0.2, 0) is 12.8 Å². The monoisotopic (exact) mass is 529 g/mol. The van der Waals surface area contributed by atoms with E-state index in [2.05, 4.69) is 43.3 Å². The van der Waals surface area contributed by atoms with Crippen molar-refractivity contribution >= 4 is 55.8 Å². The second kappa shape index (κ2) is 10.1. The molecule has 0 aliphatic heterocycles. The van der Waals surface area contributed by atoms with E-state index < -0.39 is 5.97 Å². The zero-order chi connectivity index (χ0) is 22.5. The highest BCUT2D eigenvalue weighted by molar-refractivity contribution is 9.10. The predicted molar refractivity (Wildman–Crippen MR) is 130 cm³/mol. The van der Waals surface area contributed by atoms with Crippen molar-refractivity contribution in [1.29, 1.82) is 0 Å². The average Bonchev–Trinajstić information content (AvgIpc) is 3.24. The smallest absolute Gasteiger partial charge is 0.335 e. The Labute approximate surface area is 202 Å². The number of aromatic nitrogens is 2. The summed E-state index contributed by atoms with van der Waals surface area (Å²) in [6, 6.07) is 16.3. The summed E-state index contributed by atoms with van der Waals surface area (Å²) in [6.45, 7) is 0. The molecule has 0 saturated carbocycles. The normalized spacial score (nSPS) is 10.7. The van der Waals surface area contributed by atoms with Crippen molar-refractivity contribution < 1.29 is 14.6 Å². The lowest BCUT2D eigenvalue weighted by Crippen LogP contribution is -1.98. The second-order valence-electron chi connectivity index (χ2n) is 6.81. The van der Waals surface area contributed by atoms with E-state index in [-0.39, 0.29) is 11.3 Å². The van der Waals surface area contributed by atoms with Crippen molar-refractivity contribution in [2.45, 2.75) is 12.8 Å². The number of thiazole rings is 1. The van der Waals surface area contributed by atoms with Crippen LogP contribution in [0.15, 0.2) is 70.6 Å². The zero-order valence-corrected chi connectivity index (χ0v) is 19.7. The number of ether oxygens (including phenoxy) is 1. The number of halogens is 2. The van der Waals surface area contributed by atoms with Crippen LogP contribution in [0.25, 0.3) is 0 Å². The van der Waals surface area contributed by atoms with Gasteiger partial charge in [0.25, 0.3) is 0 Å². The molecule has 162 valence electrons. The average molecular weight is 531 g/mol. The summed E-state index contributed by atoms with van der Waals surface area (Å²) < 4.78 is 6.46. The summed E-state index contributed by atoms with van der Waals surface area (Å²) >= 11 is 11.1. The molecule has 0 fully saturated rings. The maximum atomic E-state index is 11.2. The van der Waals surface area contributed by atoms with Gasteiger partial charge in [0.1, 0.15) is 17.3 Å². The predicted octanol–water partition coefficient (Wildman–Crippen LogP) is 6.97. The van der Waals surface area contributed by atoms with Gasteiger partial charge in [0.15, 0.2) is 5.13 Å². The van der Waals surface area contributed by atoms with E-state index in [1.807, 2.05) is 23.6 Å². The SMILES string of the molecule is O=C(O)c1ccc(Cl)c(Oc2cc(Nc3nc(CCc4ccccc4)cs3)ncc2Br)c1. The minimum atomic E-state index is -1.06. The third kappa shape index (κ3) is 5.64. The molecule has 32 heavy (non-hydrogen) atoms. The third-order valence-electron chi connectivity index (χ3n) is 4.52. The third-order valence-corrected chi connectivity index (χ3v) is 6.23. The molecule has 0 aliphatic carbocycles. The van der Waals surface area contributed by atoms with E-state index in [0.717, 1.165) is 23.7 Å². The summed E-state index contributed by atoms with van der Waals surface area (Å²) in [5.41, 5.74) is 2.36. The van der Waals surface area contributed by atoms with Gasteiger partial charge in [0.2, 0.25) is 0 Å². The van der Waals surface area contributed by atoms with Crippen molar-refractivity contribution in [2.75, 3.05) is 5.32 Å². The van der Waals surface area contributed by atoms with E-state index in [1.165, 1.54) is 35.1 Å². The number of pyridine rings is 1. The minimum absolute atomic E-state index is 0.0822. The molecule has 0 unspecified atom stereocenters. The van der Waals surface area contributed by atoms with Crippen molar-refractivity contribution in [1.82, 2.24) is 9.97 Å². The van der Waals surface area contributed by atoms with Gasteiger partial charge in [0.05, 0.1) is 20.8 Å². The highest BCUT2D eigenvalue weighted by Gasteiger charge is 2.13. The lowest BCUT2D eigenvalue weighted by atomic mass is 10.1. The molecule has 0 spiro atoms. The maximum Gasteiger partial charge on any atom is 0.335 e. The maximum absolute atomic E-state index is 11.2. The molecule has 2 aromatic heterocycles. The molecule has 2 heterocycles. The molecule has 0 radical (unpaired) electrons. The number of nitrogens with zero attached hydrogens (tertiary/aromatic N) is 2. The Morgan fingerprint density at radius 1 is 1.12 bits per heavy atom. The Hall–Kier alpha value is -2.94. The van der Waals surface area contributed by atoms with E-state index in [9.17, 15) is 9.90 Å². The number of carboxylic acid groups (broad SMARTS) is 1. The van der Waals surface area contributed by atoms with Crippen molar-refractivity contribution in [3.05, 3.63) is 92.5 Å². The molecule has 0 atom stereocenters. The highest BCUT2D eigenvalue weighted by atomic mass is 79.9. The largest absolute Gasteiger partial charge is 0.478 e. The fourth-order valence-electron chi connectivity index (χ4n) is 2.91. The highest BCUT2D eigenvalue weighted by Crippen LogP contribution is 2.36. The van der Waals surface area contributed by atoms with Crippen molar-refractivity contribution in [2.24, 2.45) is 0 Å². The number of benzene rings is 2. The van der Waals surface area contributed by atoms with Crippen LogP contribution in [0.2, 0.25) is 5.02 Å². The molecule has 0 amide bonds. The van der Waals surface area contributed by atoms with Crippen molar-refractivity contribution in [3.8, 4) is 11.5 Å². The second-order valence-corrected chi connectivity index (χ2v) is 8.93. The van der Waals surface area contributed by atoms with E-state index >= 15 is 0 Å². The molecular weight excluding hydrogens is 514 g/mol. The van der Waals surface area contributed by atoms with Gasteiger partial charge in [-0.3, -0.25) is 0 Å². The van der Waals surface area contributed by atoms with Crippen LogP contribution in [0, 0.1) is 0 Å². The van der Waals surface area contributed by atoms with Gasteiger partial charge in [0, 0.05) is 17.6 Å². The number of carboxylic acids is 1. The Morgan fingerprint density at radius 3 is 2.72 bits per heavy atom. The summed E-state index contributed by atoms with van der Waals surface area (Å²) in [6.07, 6.45) is 3.37. The van der Waals surface area contributed by atoms with Crippen LogP contribution in [0.4, 0.5) is 10.9 Å². The number of aryl methyl sites for hydroxylation is 2. The quantitative estimate of drug-likeness (QED) is 0.256. The van der Waals surface area contributed by atoms with Gasteiger partial charge in [-0.15, -0.1) is 11.3 Å². The first-order valence-corrected chi connectivity index (χ1v) is 11.6. The first-order valence-electron chi connectivity index (χ1n) is 9.59. The summed E-state index contributed by atoms with van der Waals surface area (Å²) in [5, 5.41) is 15.4. The molecule has 4 aromatic rings. The fourth-order valence-corrected chi connectivity index (χ4v) is 4.11. The Kier molecular flexibility index (Phi) is 7.04. The Morgan fingerprint density at radius 2 is 1.94 bits per heavy atom. The van der Waals surface area contributed by atoms with Crippen LogP contribution >= 0.6 is 38.9 Å². The lowest BCUT2D eigenvalue weighted by Gasteiger charge is -2.11. The van der Waals surface area contributed by atoms with Crippen LogP contribution < -0.4 is 10.1 Å². The van der Waals surface area contributed by atoms with Gasteiger partial charge in [-0.1, -0.05) is 41.9 Å². The molecular formula is C23H17BrClN3O3S. The number of aromatic carboxylic acids is 1. The lowest BCUT2D eigenvalue weighted by molar-refractivity contribution is 0.0696. The summed E-state index contributed by atoms with van der Waals surface area (Å²) in [7, 11) is 0. The van der Waals surface area contributed by atoms with E-state index in [4.69, 9.17) is 16.3 Å². The van der Waals surface area contributed by atoms with Gasteiger partial charge >= 0.3 is 5.97 Å². The van der Waals surface area contributed by atoms with E-state index in [1.54, 1.807) is 12.3 Å². The van der Waals surface area contributed by atoms with E-state index in [0.29, 0.717) is 21.1 Å². The number of rotatable bonds is 8. The number of hydrogen-bond donors (Lipinski definition) is 2. The number of nitrogens with one attached hydrogen (secondary N) is 1. The van der Waals surface area contributed by atoms with Gasteiger partial charge in [-0.2, -0.15) is 0 Å². The van der Waals surface area contributed by atoms with Crippen molar-refractivity contribution in [3.63, 3.8) is 0 Å². The molecule has 6 nitrogen and oxygen atoms in total. The molecule has 9 heteroatoms. The Balaban J connectivity index is 1.46. The summed E-state index contributed by atoms with van der Waals surface area (Å²) in [5.74, 6) is 0.154. The van der Waals surface area contributed by atoms with Crippen LogP contribution in [0.3, 0.4) is 0 Å². The van der Waals surface area contributed by atoms with Crippen LogP contribution in [0.5, 0.6) is 11.5 Å². The minimum Gasteiger partial charge on any atom is -0.478 e. The van der Waals surface area contributed by atoms with Crippen LogP contribution in [0.1, 0.15) is 21.6 Å². The molecule has 4 rings (SSSR count). The Bertz CT molecular complexity index is 1250. The standard InChI is InChI=1S/C23H17BrClN3O3S/c24-17-12-26-21(11-19(17)31-20-10-15(22(29)30)7-9-18(20)25)28-23-27-16(13-32-23)8-6-14-4-2-1-3-5-14/h1-5,7,9-13H,6,8H2,(H,29,30)(H,26,27,28). The number of anilines is 2. The molecule has 0 bridgehead atoms. The fraction of sp³-hybridized carbons (Fsp3) is 0.0870. The van der Waals surface area contributed by atoms with Gasteiger partial charge in [-0.05, 0) is 52.5 Å². The van der Waals surface area contributed by atoms with Crippen LogP contribution in [-0.4, -0.2) is 21.0 Å². The first kappa shape index (κ1) is 22.3. The molecule has 2 aromatic carbocycles. The van der Waals surface area contributed by atoms with Gasteiger partial charge in [-0.25, -0.2) is 14.8 Å². The topological polar surface area (TPSA) is 84.3 Å². The molecule has 0 aliphatic rings. The van der Waals surface area contributed by atoms with Gasteiger partial charge < -0.3 is 15.2 Å². The number of hydrogen-bond acceptors (Lipinski definition) is 6. The molecule has 2 N–H and O–H groups in total.